The summed E-state index contributed by atoms with van der Waals surface area (Å²) in [4.78, 5) is 0. The highest BCUT2D eigenvalue weighted by molar-refractivity contribution is 5.11. The average molecular weight is 293 g/mol. The summed E-state index contributed by atoms with van der Waals surface area (Å²) in [6.07, 6.45) is 0.277. The highest BCUT2D eigenvalue weighted by Crippen LogP contribution is 2.62. The van der Waals surface area contributed by atoms with Gasteiger partial charge in [0.05, 0.1) is 0 Å². The van der Waals surface area contributed by atoms with E-state index >= 15 is 0 Å². The summed E-state index contributed by atoms with van der Waals surface area (Å²) in [5.74, 6) is 0.784. The van der Waals surface area contributed by atoms with Crippen molar-refractivity contribution >= 4 is 0 Å². The van der Waals surface area contributed by atoms with Gasteiger partial charge in [-0.25, -0.2) is 0 Å². The zero-order valence-corrected chi connectivity index (χ0v) is 12.6. The molecule has 118 valence electrons. The van der Waals surface area contributed by atoms with Gasteiger partial charge in [-0.15, -0.1) is 0 Å². The van der Waals surface area contributed by atoms with Gasteiger partial charge < -0.3 is 10.1 Å². The molecule has 0 aromatic rings. The zero-order chi connectivity index (χ0) is 15.0. The standard InChI is InChI=1S/C15H26F3NO/c1-13(2)11-5-6-14(3,9-11)12(13)19-7-4-8-20-10-15(16,17)18/h11-12,19H,4-10H2,1-3H3. The maximum Gasteiger partial charge on any atom is 0.411 e. The fraction of sp³-hybridized carbons (Fsp3) is 1.00. The molecular weight excluding hydrogens is 267 g/mol. The molecule has 1 N–H and O–H groups in total. The van der Waals surface area contributed by atoms with E-state index < -0.39 is 12.8 Å². The molecule has 5 heteroatoms. The Balaban J connectivity index is 1.69. The lowest BCUT2D eigenvalue weighted by molar-refractivity contribution is -0.174. The minimum atomic E-state index is -4.21. The number of rotatable bonds is 6. The van der Waals surface area contributed by atoms with E-state index in [1.165, 1.54) is 19.3 Å². The summed E-state index contributed by atoms with van der Waals surface area (Å²) >= 11 is 0. The minimum absolute atomic E-state index is 0.166. The second-order valence-corrected chi connectivity index (χ2v) is 7.32. The highest BCUT2D eigenvalue weighted by atomic mass is 19.4. The molecule has 2 saturated carbocycles. The Hall–Kier alpha value is -0.290. The summed E-state index contributed by atoms with van der Waals surface area (Å²) < 4.78 is 40.4. The van der Waals surface area contributed by atoms with Crippen LogP contribution in [0.5, 0.6) is 0 Å². The van der Waals surface area contributed by atoms with Crippen LogP contribution in [0.3, 0.4) is 0 Å². The second kappa shape index (κ2) is 5.48. The number of hydrogen-bond acceptors (Lipinski definition) is 2. The van der Waals surface area contributed by atoms with Gasteiger partial charge in [0.15, 0.2) is 0 Å². The molecule has 3 unspecified atom stereocenters. The lowest BCUT2D eigenvalue weighted by Gasteiger charge is -2.43. The number of alkyl halides is 3. The first kappa shape index (κ1) is 16.1. The number of ether oxygens (including phenoxy) is 1. The van der Waals surface area contributed by atoms with Crippen LogP contribution in [0.25, 0.3) is 0 Å². The van der Waals surface area contributed by atoms with Crippen LogP contribution in [-0.4, -0.2) is 32.0 Å². The summed E-state index contributed by atoms with van der Waals surface area (Å²) in [5.41, 5.74) is 0.654. The second-order valence-electron chi connectivity index (χ2n) is 7.32. The van der Waals surface area contributed by atoms with E-state index in [0.29, 0.717) is 23.3 Å². The van der Waals surface area contributed by atoms with E-state index in [9.17, 15) is 13.2 Å². The monoisotopic (exact) mass is 293 g/mol. The summed E-state index contributed by atoms with van der Waals surface area (Å²) in [7, 11) is 0. The summed E-state index contributed by atoms with van der Waals surface area (Å²) in [6.45, 7) is 6.75. The molecule has 2 nitrogen and oxygen atoms in total. The first-order valence-electron chi connectivity index (χ1n) is 7.53. The van der Waals surface area contributed by atoms with Gasteiger partial charge >= 0.3 is 6.18 Å². The zero-order valence-electron chi connectivity index (χ0n) is 12.6. The Kier molecular flexibility index (Phi) is 4.41. The normalized spacial score (nSPS) is 35.7. The van der Waals surface area contributed by atoms with Crippen molar-refractivity contribution in [1.29, 1.82) is 0 Å². The Labute approximate surface area is 119 Å². The van der Waals surface area contributed by atoms with Gasteiger partial charge in [-0.2, -0.15) is 13.2 Å². The van der Waals surface area contributed by atoms with Gasteiger partial charge in [-0.05, 0) is 49.0 Å². The number of halogens is 3. The van der Waals surface area contributed by atoms with Crippen LogP contribution in [0, 0.1) is 16.7 Å². The number of nitrogens with one attached hydrogen (secondary N) is 1. The van der Waals surface area contributed by atoms with E-state index in [2.05, 4.69) is 30.8 Å². The molecule has 20 heavy (non-hydrogen) atoms. The third-order valence-corrected chi connectivity index (χ3v) is 5.35. The van der Waals surface area contributed by atoms with Crippen LogP contribution in [-0.2, 0) is 4.74 Å². The van der Waals surface area contributed by atoms with Crippen LogP contribution in [0.15, 0.2) is 0 Å². The molecule has 2 fully saturated rings. The van der Waals surface area contributed by atoms with Crippen molar-refractivity contribution < 1.29 is 17.9 Å². The van der Waals surface area contributed by atoms with Crippen molar-refractivity contribution in [3.05, 3.63) is 0 Å². The van der Waals surface area contributed by atoms with Gasteiger partial charge in [0.25, 0.3) is 0 Å². The molecular formula is C15H26F3NO. The highest BCUT2D eigenvalue weighted by Gasteiger charge is 2.58. The van der Waals surface area contributed by atoms with Gasteiger partial charge in [-0.3, -0.25) is 0 Å². The largest absolute Gasteiger partial charge is 0.411 e. The fourth-order valence-corrected chi connectivity index (χ4v) is 4.42. The average Bonchev–Trinajstić information content (AvgIpc) is 2.76. The quantitative estimate of drug-likeness (QED) is 0.753. The van der Waals surface area contributed by atoms with Crippen molar-refractivity contribution in [3.63, 3.8) is 0 Å². The van der Waals surface area contributed by atoms with E-state index in [1.807, 2.05) is 0 Å². The van der Waals surface area contributed by atoms with Crippen LogP contribution >= 0.6 is 0 Å². The first-order valence-corrected chi connectivity index (χ1v) is 7.53. The van der Waals surface area contributed by atoms with Crippen molar-refractivity contribution in [2.45, 2.75) is 58.7 Å². The van der Waals surface area contributed by atoms with E-state index in [1.54, 1.807) is 0 Å². The Morgan fingerprint density at radius 2 is 1.95 bits per heavy atom. The van der Waals surface area contributed by atoms with Crippen molar-refractivity contribution in [2.24, 2.45) is 16.7 Å². The molecule has 0 heterocycles. The molecule has 0 aromatic heterocycles. The predicted molar refractivity (Wildman–Crippen MR) is 72.5 cm³/mol. The third-order valence-electron chi connectivity index (χ3n) is 5.35. The Morgan fingerprint density at radius 1 is 1.25 bits per heavy atom. The van der Waals surface area contributed by atoms with Crippen LogP contribution in [0.1, 0.15) is 46.5 Å². The Morgan fingerprint density at radius 3 is 2.50 bits per heavy atom. The molecule has 0 saturated heterocycles. The van der Waals surface area contributed by atoms with Gasteiger partial charge in [-0.1, -0.05) is 20.8 Å². The molecule has 3 atom stereocenters. The lowest BCUT2D eigenvalue weighted by atomic mass is 9.68. The van der Waals surface area contributed by atoms with Crippen molar-refractivity contribution in [3.8, 4) is 0 Å². The van der Waals surface area contributed by atoms with Gasteiger partial charge in [0, 0.05) is 12.6 Å². The maximum atomic E-state index is 11.9. The minimum Gasteiger partial charge on any atom is -0.372 e. The molecule has 2 rings (SSSR count). The van der Waals surface area contributed by atoms with Crippen LogP contribution < -0.4 is 5.32 Å². The number of fused-ring (bicyclic) bond motifs is 2. The van der Waals surface area contributed by atoms with E-state index in [0.717, 1.165) is 12.5 Å². The molecule has 0 spiro atoms. The van der Waals surface area contributed by atoms with Crippen molar-refractivity contribution in [2.75, 3.05) is 19.8 Å². The summed E-state index contributed by atoms with van der Waals surface area (Å²) in [6, 6.07) is 0.469. The lowest BCUT2D eigenvalue weighted by Crippen LogP contribution is -2.50. The van der Waals surface area contributed by atoms with Gasteiger partial charge in [0.1, 0.15) is 6.61 Å². The molecule has 2 bridgehead atoms. The van der Waals surface area contributed by atoms with E-state index in [4.69, 9.17) is 0 Å². The first-order chi connectivity index (χ1) is 9.15. The molecule has 0 radical (unpaired) electrons. The molecule has 0 amide bonds. The molecule has 2 aliphatic rings. The maximum absolute atomic E-state index is 11.9. The van der Waals surface area contributed by atoms with E-state index in [-0.39, 0.29) is 6.61 Å². The SMILES string of the molecule is CC12CCC(C1)C(C)(C)C2NCCCOCC(F)(F)F. The number of hydrogen-bond donors (Lipinski definition) is 1. The van der Waals surface area contributed by atoms with Crippen LogP contribution in [0.2, 0.25) is 0 Å². The predicted octanol–water partition coefficient (Wildman–Crippen LogP) is 3.76. The smallest absolute Gasteiger partial charge is 0.372 e. The summed E-state index contributed by atoms with van der Waals surface area (Å²) in [5, 5.41) is 3.58. The molecule has 2 aliphatic carbocycles. The van der Waals surface area contributed by atoms with Crippen molar-refractivity contribution in [1.82, 2.24) is 5.32 Å². The van der Waals surface area contributed by atoms with Crippen LogP contribution in [0.4, 0.5) is 13.2 Å². The third kappa shape index (κ3) is 3.30. The Bertz CT molecular complexity index is 338. The van der Waals surface area contributed by atoms with Gasteiger partial charge in [0.2, 0.25) is 0 Å². The topological polar surface area (TPSA) is 21.3 Å². The molecule has 0 aromatic carbocycles. The fourth-order valence-electron chi connectivity index (χ4n) is 4.42. The molecule has 0 aliphatic heterocycles.